The lowest BCUT2D eigenvalue weighted by Crippen LogP contribution is -2.50. The second-order valence-corrected chi connectivity index (χ2v) is 7.53. The Kier molecular flexibility index (Phi) is 5.66. The molecule has 0 spiro atoms. The van der Waals surface area contributed by atoms with Gasteiger partial charge in [-0.05, 0) is 43.3 Å². The van der Waals surface area contributed by atoms with Crippen LogP contribution in [0.4, 0.5) is 16.2 Å². The van der Waals surface area contributed by atoms with Crippen LogP contribution in [0.5, 0.6) is 5.88 Å². The van der Waals surface area contributed by atoms with Crippen molar-refractivity contribution in [1.82, 2.24) is 9.88 Å². The van der Waals surface area contributed by atoms with Crippen molar-refractivity contribution < 1.29 is 9.53 Å². The predicted molar refractivity (Wildman–Crippen MR) is 107 cm³/mol. The van der Waals surface area contributed by atoms with Gasteiger partial charge in [-0.1, -0.05) is 6.92 Å². The highest BCUT2D eigenvalue weighted by Gasteiger charge is 2.23. The van der Waals surface area contributed by atoms with Gasteiger partial charge in [-0.25, -0.2) is 9.78 Å². The molecule has 0 bridgehead atoms. The highest BCUT2D eigenvalue weighted by Crippen LogP contribution is 2.27. The van der Waals surface area contributed by atoms with Crippen molar-refractivity contribution in [2.45, 2.75) is 27.2 Å². The number of hydrogen-bond donors (Lipinski definition) is 1. The lowest BCUT2D eigenvalue weighted by molar-refractivity contribution is 0.208. The normalized spacial score (nSPS) is 14.5. The van der Waals surface area contributed by atoms with Gasteiger partial charge in [0, 0.05) is 36.8 Å². The highest BCUT2D eigenvalue weighted by atomic mass is 32.1. The average molecular weight is 375 g/mol. The molecule has 0 aliphatic carbocycles. The minimum absolute atomic E-state index is 0.0994. The molecule has 1 aliphatic heterocycles. The maximum absolute atomic E-state index is 12.7. The molecule has 3 rings (SSSR count). The zero-order valence-corrected chi connectivity index (χ0v) is 16.7. The number of rotatable bonds is 4. The molecule has 26 heavy (non-hydrogen) atoms. The number of ether oxygens (including phenoxy) is 1. The number of thiophene rings is 1. The van der Waals surface area contributed by atoms with Gasteiger partial charge in [0.1, 0.15) is 5.69 Å². The lowest BCUT2D eigenvalue weighted by Gasteiger charge is -2.36. The van der Waals surface area contributed by atoms with Gasteiger partial charge in [0.15, 0.2) is 0 Å². The summed E-state index contributed by atoms with van der Waals surface area (Å²) < 4.78 is 5.34. The Bertz CT molecular complexity index is 782. The van der Waals surface area contributed by atoms with Gasteiger partial charge in [-0.3, -0.25) is 0 Å². The number of piperazine rings is 1. The third-order valence-electron chi connectivity index (χ3n) is 4.84. The minimum Gasteiger partial charge on any atom is -0.480 e. The van der Waals surface area contributed by atoms with Gasteiger partial charge in [0.05, 0.1) is 12.8 Å². The second kappa shape index (κ2) is 7.95. The number of amides is 2. The molecule has 0 saturated carbocycles. The number of carbonyl (C=O) groups is 1. The summed E-state index contributed by atoms with van der Waals surface area (Å²) in [6.45, 7) is 9.25. The Morgan fingerprint density at radius 1 is 1.31 bits per heavy atom. The van der Waals surface area contributed by atoms with E-state index in [1.54, 1.807) is 18.4 Å². The summed E-state index contributed by atoms with van der Waals surface area (Å²) in [6.07, 6.45) is 0.865. The quantitative estimate of drug-likeness (QED) is 0.887. The van der Waals surface area contributed by atoms with Gasteiger partial charge in [0.2, 0.25) is 5.88 Å². The number of aryl methyl sites for hydroxylation is 3. The first-order valence-electron chi connectivity index (χ1n) is 8.93. The molecule has 2 aromatic heterocycles. The summed E-state index contributed by atoms with van der Waals surface area (Å²) in [6, 6.07) is 4.02. The molecule has 0 radical (unpaired) electrons. The van der Waals surface area contributed by atoms with Crippen molar-refractivity contribution in [3.8, 4) is 5.88 Å². The van der Waals surface area contributed by atoms with E-state index in [4.69, 9.17) is 4.74 Å². The Hall–Kier alpha value is -2.28. The molecule has 6 nitrogen and oxygen atoms in total. The first-order valence-corrected chi connectivity index (χ1v) is 9.81. The fraction of sp³-hybridized carbons (Fsp3) is 0.474. The van der Waals surface area contributed by atoms with E-state index in [-0.39, 0.29) is 6.03 Å². The first-order chi connectivity index (χ1) is 12.5. The third kappa shape index (κ3) is 3.77. The van der Waals surface area contributed by atoms with Gasteiger partial charge in [-0.15, -0.1) is 11.3 Å². The van der Waals surface area contributed by atoms with E-state index in [9.17, 15) is 4.79 Å². The standard InChI is InChI=1S/C19H26N4O2S/c1-5-15-12-16(18(25-4)20-13(15)2)21-19(24)23-9-7-22(8-10-23)17-6-11-26-14(17)3/h6,11-12H,5,7-10H2,1-4H3,(H,21,24). The number of methoxy groups -OCH3 is 1. The SMILES string of the molecule is CCc1cc(NC(=O)N2CCN(c3ccsc3C)CC2)c(OC)nc1C. The number of aromatic nitrogens is 1. The zero-order valence-electron chi connectivity index (χ0n) is 15.8. The molecular weight excluding hydrogens is 348 g/mol. The Balaban J connectivity index is 1.65. The van der Waals surface area contributed by atoms with E-state index < -0.39 is 0 Å². The van der Waals surface area contributed by atoms with Crippen molar-refractivity contribution in [3.63, 3.8) is 0 Å². The van der Waals surface area contributed by atoms with Gasteiger partial charge in [-0.2, -0.15) is 0 Å². The lowest BCUT2D eigenvalue weighted by atomic mass is 10.1. The molecule has 1 N–H and O–H groups in total. The molecule has 1 saturated heterocycles. The fourth-order valence-corrected chi connectivity index (χ4v) is 4.00. The topological polar surface area (TPSA) is 57.7 Å². The number of hydrogen-bond acceptors (Lipinski definition) is 5. The molecule has 1 fully saturated rings. The summed E-state index contributed by atoms with van der Waals surface area (Å²) >= 11 is 1.76. The fourth-order valence-electron chi connectivity index (χ4n) is 3.28. The number of carbonyl (C=O) groups excluding carboxylic acids is 1. The van der Waals surface area contributed by atoms with Crippen LogP contribution in [-0.4, -0.2) is 49.2 Å². The van der Waals surface area contributed by atoms with Crippen molar-refractivity contribution in [3.05, 3.63) is 33.6 Å². The minimum atomic E-state index is -0.0994. The van der Waals surface area contributed by atoms with Crippen molar-refractivity contribution in [2.75, 3.05) is 43.5 Å². The van der Waals surface area contributed by atoms with E-state index in [2.05, 4.69) is 40.5 Å². The molecule has 140 valence electrons. The van der Waals surface area contributed by atoms with Crippen LogP contribution in [0.3, 0.4) is 0 Å². The van der Waals surface area contributed by atoms with E-state index in [0.29, 0.717) is 24.7 Å². The monoisotopic (exact) mass is 374 g/mol. The van der Waals surface area contributed by atoms with Crippen molar-refractivity contribution in [1.29, 1.82) is 0 Å². The molecule has 0 aromatic carbocycles. The molecule has 7 heteroatoms. The Morgan fingerprint density at radius 2 is 2.04 bits per heavy atom. The van der Waals surface area contributed by atoms with Crippen LogP contribution >= 0.6 is 11.3 Å². The van der Waals surface area contributed by atoms with E-state index >= 15 is 0 Å². The van der Waals surface area contributed by atoms with E-state index in [1.807, 2.05) is 17.9 Å². The van der Waals surface area contributed by atoms with Crippen molar-refractivity contribution in [2.24, 2.45) is 0 Å². The number of nitrogens with one attached hydrogen (secondary N) is 1. The van der Waals surface area contributed by atoms with Crippen LogP contribution in [0.1, 0.15) is 23.1 Å². The molecule has 0 unspecified atom stereocenters. The molecule has 2 amide bonds. The first kappa shape index (κ1) is 18.5. The van der Waals surface area contributed by atoms with E-state index in [1.165, 1.54) is 10.6 Å². The molecule has 1 aliphatic rings. The largest absolute Gasteiger partial charge is 0.480 e. The van der Waals surface area contributed by atoms with Gasteiger partial charge < -0.3 is 19.9 Å². The molecule has 0 atom stereocenters. The summed E-state index contributed by atoms with van der Waals surface area (Å²) in [5, 5.41) is 5.09. The summed E-state index contributed by atoms with van der Waals surface area (Å²) in [7, 11) is 1.57. The van der Waals surface area contributed by atoms with Crippen LogP contribution in [0.15, 0.2) is 17.5 Å². The number of nitrogens with zero attached hydrogens (tertiary/aromatic N) is 3. The maximum atomic E-state index is 12.7. The maximum Gasteiger partial charge on any atom is 0.322 e. The van der Waals surface area contributed by atoms with Crippen molar-refractivity contribution >= 4 is 28.7 Å². The predicted octanol–water partition coefficient (Wildman–Crippen LogP) is 3.69. The Labute approximate surface area is 158 Å². The van der Waals surface area contributed by atoms with Crippen LogP contribution in [0.25, 0.3) is 0 Å². The third-order valence-corrected chi connectivity index (χ3v) is 5.67. The zero-order chi connectivity index (χ0) is 18.7. The van der Waals surface area contributed by atoms with Gasteiger partial charge in [0.25, 0.3) is 0 Å². The number of urea groups is 1. The summed E-state index contributed by atoms with van der Waals surface area (Å²) in [5.74, 6) is 0.459. The summed E-state index contributed by atoms with van der Waals surface area (Å²) in [4.78, 5) is 22.7. The van der Waals surface area contributed by atoms with Crippen LogP contribution in [0, 0.1) is 13.8 Å². The van der Waals surface area contributed by atoms with Crippen LogP contribution in [0.2, 0.25) is 0 Å². The van der Waals surface area contributed by atoms with E-state index in [0.717, 1.165) is 30.8 Å². The smallest absolute Gasteiger partial charge is 0.322 e. The molecule has 2 aromatic rings. The van der Waals surface area contributed by atoms with Crippen LogP contribution in [-0.2, 0) is 6.42 Å². The summed E-state index contributed by atoms with van der Waals surface area (Å²) in [5.41, 5.74) is 3.96. The number of pyridine rings is 1. The van der Waals surface area contributed by atoms with Gasteiger partial charge >= 0.3 is 6.03 Å². The highest BCUT2D eigenvalue weighted by molar-refractivity contribution is 7.10. The second-order valence-electron chi connectivity index (χ2n) is 6.41. The molecular formula is C19H26N4O2S. The Morgan fingerprint density at radius 3 is 2.62 bits per heavy atom. The molecule has 3 heterocycles. The average Bonchev–Trinajstić information content (AvgIpc) is 3.08. The number of anilines is 2. The van der Waals surface area contributed by atoms with Crippen LogP contribution < -0.4 is 15.0 Å².